The molecule has 0 bridgehead atoms. The van der Waals surface area contributed by atoms with Crippen molar-refractivity contribution in [2.75, 3.05) is 39.6 Å². The molecule has 0 saturated carbocycles. The molecule has 39 heavy (non-hydrogen) atoms. The summed E-state index contributed by atoms with van der Waals surface area (Å²) < 4.78 is 17.6. The first-order valence-electron chi connectivity index (χ1n) is 15.7. The van der Waals surface area contributed by atoms with Crippen molar-refractivity contribution in [3.05, 3.63) is 23.3 Å². The molecule has 1 amide bonds. The lowest BCUT2D eigenvalue weighted by molar-refractivity contribution is -0.133. The predicted octanol–water partition coefficient (Wildman–Crippen LogP) is 7.19. The highest BCUT2D eigenvalue weighted by Gasteiger charge is 2.36. The summed E-state index contributed by atoms with van der Waals surface area (Å²) in [6, 6.07) is 4.98. The molecule has 6 heteroatoms. The third-order valence-electron chi connectivity index (χ3n) is 8.13. The summed E-state index contributed by atoms with van der Waals surface area (Å²) in [6.45, 7) is 19.3. The van der Waals surface area contributed by atoms with Gasteiger partial charge in [0.2, 0.25) is 12.7 Å². The van der Waals surface area contributed by atoms with E-state index in [2.05, 4.69) is 70.4 Å². The average Bonchev–Trinajstić information content (AvgIpc) is 3.50. The molecule has 2 heterocycles. The Morgan fingerprint density at radius 1 is 1.10 bits per heavy atom. The highest BCUT2D eigenvalue weighted by atomic mass is 16.7. The van der Waals surface area contributed by atoms with Crippen molar-refractivity contribution in [3.8, 4) is 11.5 Å². The fourth-order valence-corrected chi connectivity index (χ4v) is 6.15. The van der Waals surface area contributed by atoms with Crippen molar-refractivity contribution in [2.45, 2.75) is 124 Å². The van der Waals surface area contributed by atoms with Gasteiger partial charge < -0.3 is 19.1 Å². The second kappa shape index (κ2) is 15.3. The summed E-state index contributed by atoms with van der Waals surface area (Å²) in [6.07, 6.45) is 9.79. The van der Waals surface area contributed by atoms with E-state index in [0.29, 0.717) is 37.8 Å². The number of nitrogens with zero attached hydrogens (tertiary/aromatic N) is 2. The van der Waals surface area contributed by atoms with Crippen LogP contribution in [-0.2, 0) is 16.0 Å². The van der Waals surface area contributed by atoms with Crippen LogP contribution < -0.4 is 9.47 Å². The first-order chi connectivity index (χ1) is 18.6. The summed E-state index contributed by atoms with van der Waals surface area (Å²) in [5.41, 5.74) is 2.46. The van der Waals surface area contributed by atoms with E-state index in [4.69, 9.17) is 14.2 Å². The molecule has 3 atom stereocenters. The normalized spacial score (nSPS) is 20.0. The first kappa shape index (κ1) is 31.7. The molecule has 3 unspecified atom stereocenters. The molecule has 2 aliphatic rings. The minimum atomic E-state index is -0.142. The molecule has 0 aliphatic carbocycles. The number of unbranched alkanes of at least 4 members (excludes halogenated alkanes) is 1. The van der Waals surface area contributed by atoms with Crippen molar-refractivity contribution in [1.82, 2.24) is 9.80 Å². The fraction of sp³-hybridized carbons (Fsp3) is 0.788. The minimum Gasteiger partial charge on any atom is -0.454 e. The molecule has 0 spiro atoms. The second-order valence-electron chi connectivity index (χ2n) is 12.9. The summed E-state index contributed by atoms with van der Waals surface area (Å²) >= 11 is 0. The number of hydrogen-bond donors (Lipinski definition) is 0. The third-order valence-corrected chi connectivity index (χ3v) is 8.13. The maximum Gasteiger partial charge on any atom is 0.236 e. The topological polar surface area (TPSA) is 51.2 Å². The van der Waals surface area contributed by atoms with Gasteiger partial charge in [-0.05, 0) is 81.9 Å². The first-order valence-corrected chi connectivity index (χ1v) is 15.7. The van der Waals surface area contributed by atoms with E-state index < -0.39 is 0 Å². The number of aryl methyl sites for hydroxylation is 1. The number of rotatable bonds is 16. The van der Waals surface area contributed by atoms with Crippen molar-refractivity contribution in [1.29, 1.82) is 0 Å². The van der Waals surface area contributed by atoms with Gasteiger partial charge in [0.1, 0.15) is 0 Å². The predicted molar refractivity (Wildman–Crippen MR) is 160 cm³/mol. The number of carbonyl (C=O) groups is 1. The zero-order valence-electron chi connectivity index (χ0n) is 26.0. The standard InChI is InChI=1S/C33H56N2O4/c1-8-11-15-34(16-12-17-39-33(5,6)7)31(36)23-35-22-28(20-29(35)18-25(4)13-9-2)27-19-26(14-10-3)32-30(21-27)37-24-38-32/h19,21,25,28-29H,8-18,20,22-24H2,1-7H3. The lowest BCUT2D eigenvalue weighted by atomic mass is 9.90. The Hall–Kier alpha value is -1.79. The molecule has 2 aliphatic heterocycles. The van der Waals surface area contributed by atoms with Crippen LogP contribution in [0.25, 0.3) is 0 Å². The number of amides is 1. The number of fused-ring (bicyclic) bond motifs is 1. The largest absolute Gasteiger partial charge is 0.454 e. The van der Waals surface area contributed by atoms with E-state index in [-0.39, 0.29) is 11.5 Å². The van der Waals surface area contributed by atoms with Crippen LogP contribution in [0, 0.1) is 5.92 Å². The number of carbonyl (C=O) groups excluding carboxylic acids is 1. The van der Waals surface area contributed by atoms with Gasteiger partial charge in [-0.25, -0.2) is 0 Å². The Labute approximate surface area is 238 Å². The van der Waals surface area contributed by atoms with Crippen LogP contribution in [0.5, 0.6) is 11.5 Å². The summed E-state index contributed by atoms with van der Waals surface area (Å²) in [5.74, 6) is 3.16. The van der Waals surface area contributed by atoms with Gasteiger partial charge in [-0.3, -0.25) is 9.69 Å². The summed E-state index contributed by atoms with van der Waals surface area (Å²) in [7, 11) is 0. The maximum atomic E-state index is 13.7. The number of hydrogen-bond acceptors (Lipinski definition) is 5. The Kier molecular flexibility index (Phi) is 12.4. The maximum absolute atomic E-state index is 13.7. The molecule has 1 fully saturated rings. The van der Waals surface area contributed by atoms with Gasteiger partial charge in [-0.2, -0.15) is 0 Å². The van der Waals surface area contributed by atoms with E-state index in [0.717, 1.165) is 76.1 Å². The average molecular weight is 545 g/mol. The van der Waals surface area contributed by atoms with Gasteiger partial charge in [0.25, 0.3) is 0 Å². The van der Waals surface area contributed by atoms with Crippen molar-refractivity contribution in [2.24, 2.45) is 5.92 Å². The summed E-state index contributed by atoms with van der Waals surface area (Å²) in [5, 5.41) is 0. The van der Waals surface area contributed by atoms with Crippen molar-refractivity contribution < 1.29 is 19.0 Å². The Bertz CT molecular complexity index is 896. The molecule has 0 radical (unpaired) electrons. The zero-order chi connectivity index (χ0) is 28.4. The van der Waals surface area contributed by atoms with Crippen LogP contribution >= 0.6 is 0 Å². The van der Waals surface area contributed by atoms with Gasteiger partial charge in [0.05, 0.1) is 12.1 Å². The van der Waals surface area contributed by atoms with Crippen LogP contribution in [0.2, 0.25) is 0 Å². The van der Waals surface area contributed by atoms with Crippen molar-refractivity contribution in [3.63, 3.8) is 0 Å². The van der Waals surface area contributed by atoms with E-state index in [9.17, 15) is 4.79 Å². The third kappa shape index (κ3) is 9.67. The fourth-order valence-electron chi connectivity index (χ4n) is 6.15. The number of benzene rings is 1. The zero-order valence-corrected chi connectivity index (χ0v) is 26.0. The minimum absolute atomic E-state index is 0.142. The van der Waals surface area contributed by atoms with E-state index in [1.54, 1.807) is 0 Å². The number of likely N-dealkylation sites (tertiary alicyclic amines) is 1. The van der Waals surface area contributed by atoms with Crippen LogP contribution in [-0.4, -0.2) is 66.9 Å². The SMILES string of the molecule is CCCCN(CCCOC(C)(C)C)C(=O)CN1CC(c2cc(CCC)c3c(c2)OCO3)CC1CC(C)CCC. The second-order valence-corrected chi connectivity index (χ2v) is 12.9. The molecule has 0 aromatic heterocycles. The number of ether oxygens (including phenoxy) is 3. The van der Waals surface area contributed by atoms with Crippen molar-refractivity contribution >= 4 is 5.91 Å². The van der Waals surface area contributed by atoms with Gasteiger partial charge >= 0.3 is 0 Å². The lowest BCUT2D eigenvalue weighted by Crippen LogP contribution is -2.43. The lowest BCUT2D eigenvalue weighted by Gasteiger charge is -2.30. The van der Waals surface area contributed by atoms with Crippen LogP contribution in [0.4, 0.5) is 0 Å². The highest BCUT2D eigenvalue weighted by molar-refractivity contribution is 5.78. The van der Waals surface area contributed by atoms with Gasteiger partial charge in [0, 0.05) is 32.3 Å². The molecule has 6 nitrogen and oxygen atoms in total. The van der Waals surface area contributed by atoms with Crippen LogP contribution in [0.1, 0.15) is 117 Å². The van der Waals surface area contributed by atoms with Crippen LogP contribution in [0.3, 0.4) is 0 Å². The quantitative estimate of drug-likeness (QED) is 0.206. The molecule has 222 valence electrons. The smallest absolute Gasteiger partial charge is 0.236 e. The molecular formula is C33H56N2O4. The van der Waals surface area contributed by atoms with Gasteiger partial charge in [-0.15, -0.1) is 0 Å². The molecular weight excluding hydrogens is 488 g/mol. The van der Waals surface area contributed by atoms with E-state index in [1.807, 2.05) is 0 Å². The summed E-state index contributed by atoms with van der Waals surface area (Å²) in [4.78, 5) is 18.3. The Morgan fingerprint density at radius 3 is 2.56 bits per heavy atom. The molecule has 3 rings (SSSR count). The molecule has 1 aromatic carbocycles. The highest BCUT2D eigenvalue weighted by Crippen LogP contribution is 2.42. The van der Waals surface area contributed by atoms with Gasteiger partial charge in [-0.1, -0.05) is 59.4 Å². The van der Waals surface area contributed by atoms with E-state index >= 15 is 0 Å². The van der Waals surface area contributed by atoms with Gasteiger partial charge in [0.15, 0.2) is 11.5 Å². The molecule has 0 N–H and O–H groups in total. The Balaban J connectivity index is 1.73. The monoisotopic (exact) mass is 544 g/mol. The molecule has 1 aromatic rings. The Morgan fingerprint density at radius 2 is 1.87 bits per heavy atom. The molecule has 1 saturated heterocycles. The van der Waals surface area contributed by atoms with E-state index in [1.165, 1.54) is 24.0 Å². The van der Waals surface area contributed by atoms with Crippen LogP contribution in [0.15, 0.2) is 12.1 Å².